The Hall–Kier alpha value is -2.34. The summed E-state index contributed by atoms with van der Waals surface area (Å²) in [7, 11) is 0. The van der Waals surface area contributed by atoms with Gasteiger partial charge in [0, 0.05) is 0 Å². The Morgan fingerprint density at radius 3 is 2.58 bits per heavy atom. The number of nitrogens with one attached hydrogen (secondary N) is 1. The molecule has 9 heteroatoms. The number of anilines is 1. The van der Waals surface area contributed by atoms with Crippen LogP contribution in [0.25, 0.3) is 0 Å². The van der Waals surface area contributed by atoms with E-state index in [1.807, 2.05) is 6.07 Å². The standard InChI is InChI=1S/C15H12BrF3N4O/c1-8-12(16)13(15(17,18)19)22-23(8)9(2)14(24)21-11-6-4-3-5-10(11)7-20/h3-6,9H,1-2H3,(H,21,24). The van der Waals surface area contributed by atoms with E-state index >= 15 is 0 Å². The number of carbonyl (C=O) groups excluding carboxylic acids is 1. The number of hydrogen-bond donors (Lipinski definition) is 1. The summed E-state index contributed by atoms with van der Waals surface area (Å²) >= 11 is 2.87. The molecule has 0 saturated heterocycles. The predicted octanol–water partition coefficient (Wildman–Crippen LogP) is 4.04. The number of nitriles is 1. The van der Waals surface area contributed by atoms with Gasteiger partial charge < -0.3 is 5.32 Å². The van der Waals surface area contributed by atoms with Crippen LogP contribution < -0.4 is 5.32 Å². The van der Waals surface area contributed by atoms with Gasteiger partial charge in [-0.05, 0) is 41.9 Å². The summed E-state index contributed by atoms with van der Waals surface area (Å²) < 4.78 is 39.5. The minimum Gasteiger partial charge on any atom is -0.323 e. The smallest absolute Gasteiger partial charge is 0.323 e. The third-order valence-corrected chi connectivity index (χ3v) is 4.35. The Balaban J connectivity index is 2.31. The van der Waals surface area contributed by atoms with E-state index in [0.29, 0.717) is 0 Å². The highest BCUT2D eigenvalue weighted by atomic mass is 79.9. The van der Waals surface area contributed by atoms with Crippen molar-refractivity contribution >= 4 is 27.5 Å². The van der Waals surface area contributed by atoms with E-state index in [9.17, 15) is 18.0 Å². The molecule has 2 rings (SSSR count). The van der Waals surface area contributed by atoms with Crippen molar-refractivity contribution in [2.75, 3.05) is 5.32 Å². The molecule has 5 nitrogen and oxygen atoms in total. The quantitative estimate of drug-likeness (QED) is 0.844. The van der Waals surface area contributed by atoms with Crippen LogP contribution in [0.1, 0.15) is 29.9 Å². The molecule has 1 aromatic heterocycles. The Morgan fingerprint density at radius 1 is 1.42 bits per heavy atom. The van der Waals surface area contributed by atoms with Crippen molar-refractivity contribution in [1.82, 2.24) is 9.78 Å². The van der Waals surface area contributed by atoms with Crippen LogP contribution in [0.5, 0.6) is 0 Å². The van der Waals surface area contributed by atoms with E-state index in [0.717, 1.165) is 4.68 Å². The van der Waals surface area contributed by atoms with Gasteiger partial charge in [-0.25, -0.2) is 0 Å². The fraction of sp³-hybridized carbons (Fsp3) is 0.267. The van der Waals surface area contributed by atoms with Crippen molar-refractivity contribution < 1.29 is 18.0 Å². The second kappa shape index (κ2) is 6.65. The first kappa shape index (κ1) is 18.0. The highest BCUT2D eigenvalue weighted by Gasteiger charge is 2.39. The fourth-order valence-corrected chi connectivity index (χ4v) is 2.58. The Morgan fingerprint density at radius 2 is 2.04 bits per heavy atom. The minimum atomic E-state index is -4.63. The predicted molar refractivity (Wildman–Crippen MR) is 84.2 cm³/mol. The number of carbonyl (C=O) groups is 1. The summed E-state index contributed by atoms with van der Waals surface area (Å²) in [6.07, 6.45) is -4.63. The number of halogens is 4. The first-order valence-corrected chi connectivity index (χ1v) is 7.58. The molecule has 0 aliphatic heterocycles. The molecule has 0 spiro atoms. The van der Waals surface area contributed by atoms with Crippen molar-refractivity contribution in [3.05, 3.63) is 45.7 Å². The van der Waals surface area contributed by atoms with E-state index < -0.39 is 23.8 Å². The van der Waals surface area contributed by atoms with Gasteiger partial charge in [0.05, 0.1) is 21.4 Å². The van der Waals surface area contributed by atoms with Crippen molar-refractivity contribution in [3.63, 3.8) is 0 Å². The highest BCUT2D eigenvalue weighted by Crippen LogP contribution is 2.36. The molecular weight excluding hydrogens is 389 g/mol. The van der Waals surface area contributed by atoms with Gasteiger partial charge in [0.2, 0.25) is 5.91 Å². The molecule has 1 atom stereocenters. The molecule has 1 N–H and O–H groups in total. The lowest BCUT2D eigenvalue weighted by atomic mass is 10.2. The van der Waals surface area contributed by atoms with Gasteiger partial charge in [0.25, 0.3) is 0 Å². The zero-order chi connectivity index (χ0) is 18.1. The van der Waals surface area contributed by atoms with Crippen LogP contribution in [-0.2, 0) is 11.0 Å². The normalized spacial score (nSPS) is 12.5. The number of rotatable bonds is 3. The van der Waals surface area contributed by atoms with Crippen molar-refractivity contribution in [2.45, 2.75) is 26.1 Å². The molecule has 1 unspecified atom stereocenters. The minimum absolute atomic E-state index is 0.179. The molecule has 126 valence electrons. The lowest BCUT2D eigenvalue weighted by molar-refractivity contribution is -0.142. The third kappa shape index (κ3) is 3.43. The summed E-state index contributed by atoms with van der Waals surface area (Å²) in [6.45, 7) is 2.86. The van der Waals surface area contributed by atoms with Gasteiger partial charge in [-0.3, -0.25) is 9.48 Å². The lowest BCUT2D eigenvalue weighted by Gasteiger charge is -2.15. The van der Waals surface area contributed by atoms with Gasteiger partial charge in [0.1, 0.15) is 12.1 Å². The summed E-state index contributed by atoms with van der Waals surface area (Å²) in [5.74, 6) is -0.579. The molecule has 0 bridgehead atoms. The second-order valence-corrected chi connectivity index (χ2v) is 5.81. The average Bonchev–Trinajstić information content (AvgIpc) is 2.83. The monoisotopic (exact) mass is 400 g/mol. The largest absolute Gasteiger partial charge is 0.436 e. The number of aromatic nitrogens is 2. The average molecular weight is 401 g/mol. The molecule has 1 amide bonds. The topological polar surface area (TPSA) is 70.7 Å². The van der Waals surface area contributed by atoms with Crippen LogP contribution in [0.4, 0.5) is 18.9 Å². The van der Waals surface area contributed by atoms with E-state index in [-0.39, 0.29) is 21.4 Å². The van der Waals surface area contributed by atoms with Crippen molar-refractivity contribution in [1.29, 1.82) is 5.26 Å². The van der Waals surface area contributed by atoms with Crippen molar-refractivity contribution in [3.8, 4) is 6.07 Å². The SMILES string of the molecule is Cc1c(Br)c(C(F)(F)F)nn1C(C)C(=O)Nc1ccccc1C#N. The Labute approximate surface area is 144 Å². The number of hydrogen-bond acceptors (Lipinski definition) is 3. The van der Waals surface area contributed by atoms with Gasteiger partial charge in [-0.1, -0.05) is 12.1 Å². The molecule has 1 aromatic carbocycles. The van der Waals surface area contributed by atoms with Crippen LogP contribution in [0, 0.1) is 18.3 Å². The van der Waals surface area contributed by atoms with Gasteiger partial charge in [-0.15, -0.1) is 0 Å². The number of amides is 1. The van der Waals surface area contributed by atoms with Gasteiger partial charge >= 0.3 is 6.18 Å². The number of para-hydroxylation sites is 1. The number of nitrogens with zero attached hydrogens (tertiary/aromatic N) is 3. The summed E-state index contributed by atoms with van der Waals surface area (Å²) in [6, 6.07) is 7.28. The Bertz CT molecular complexity index is 823. The number of alkyl halides is 3. The molecule has 1 heterocycles. The van der Waals surface area contributed by atoms with Crippen LogP contribution in [0.15, 0.2) is 28.7 Å². The molecule has 0 aliphatic carbocycles. The second-order valence-electron chi connectivity index (χ2n) is 5.01. The van der Waals surface area contributed by atoms with Crippen LogP contribution >= 0.6 is 15.9 Å². The van der Waals surface area contributed by atoms with E-state index in [1.165, 1.54) is 26.0 Å². The van der Waals surface area contributed by atoms with Gasteiger partial charge in [-0.2, -0.15) is 23.5 Å². The maximum absolute atomic E-state index is 12.9. The highest BCUT2D eigenvalue weighted by molar-refractivity contribution is 9.10. The van der Waals surface area contributed by atoms with Crippen LogP contribution in [0.2, 0.25) is 0 Å². The zero-order valence-corrected chi connectivity index (χ0v) is 14.2. The summed E-state index contributed by atoms with van der Waals surface area (Å²) in [4.78, 5) is 12.3. The van der Waals surface area contributed by atoms with Crippen LogP contribution in [-0.4, -0.2) is 15.7 Å². The van der Waals surface area contributed by atoms with E-state index in [1.54, 1.807) is 12.1 Å². The maximum Gasteiger partial charge on any atom is 0.436 e. The van der Waals surface area contributed by atoms with E-state index in [4.69, 9.17) is 5.26 Å². The molecule has 0 saturated carbocycles. The molecule has 24 heavy (non-hydrogen) atoms. The third-order valence-electron chi connectivity index (χ3n) is 3.40. The lowest BCUT2D eigenvalue weighted by Crippen LogP contribution is -2.26. The van der Waals surface area contributed by atoms with E-state index in [2.05, 4.69) is 26.3 Å². The number of benzene rings is 1. The zero-order valence-electron chi connectivity index (χ0n) is 12.6. The first-order chi connectivity index (χ1) is 11.2. The van der Waals surface area contributed by atoms with Gasteiger partial charge in [0.15, 0.2) is 5.69 Å². The fourth-order valence-electron chi connectivity index (χ4n) is 2.09. The summed E-state index contributed by atoms with van der Waals surface area (Å²) in [5.41, 5.74) is -0.361. The van der Waals surface area contributed by atoms with Crippen LogP contribution in [0.3, 0.4) is 0 Å². The molecule has 0 aliphatic rings. The molecule has 2 aromatic rings. The summed E-state index contributed by atoms with van der Waals surface area (Å²) in [5, 5.41) is 15.1. The molecular formula is C15H12BrF3N4O. The Kier molecular flexibility index (Phi) is 4.99. The first-order valence-electron chi connectivity index (χ1n) is 6.78. The maximum atomic E-state index is 12.9. The molecule has 0 radical (unpaired) electrons. The van der Waals surface area contributed by atoms with Crippen molar-refractivity contribution in [2.24, 2.45) is 0 Å². The molecule has 0 fully saturated rings.